The summed E-state index contributed by atoms with van der Waals surface area (Å²) in [6.45, 7) is 0. The predicted octanol–water partition coefficient (Wildman–Crippen LogP) is 1.28. The molecule has 2 rings (SSSR count). The summed E-state index contributed by atoms with van der Waals surface area (Å²) < 4.78 is 27.0. The summed E-state index contributed by atoms with van der Waals surface area (Å²) >= 11 is 0. The lowest BCUT2D eigenvalue weighted by molar-refractivity contribution is -0.122. The Morgan fingerprint density at radius 1 is 1.33 bits per heavy atom. The highest BCUT2D eigenvalue weighted by Gasteiger charge is 2.55. The number of halogens is 2. The van der Waals surface area contributed by atoms with E-state index in [2.05, 4.69) is 0 Å². The molecule has 0 bridgehead atoms. The van der Waals surface area contributed by atoms with Gasteiger partial charge in [-0.25, -0.2) is 8.78 Å². The van der Waals surface area contributed by atoms with Crippen molar-refractivity contribution in [2.75, 3.05) is 0 Å². The summed E-state index contributed by atoms with van der Waals surface area (Å²) in [7, 11) is 0. The third-order valence-electron chi connectivity index (χ3n) is 2.28. The van der Waals surface area contributed by atoms with Crippen molar-refractivity contribution in [3.05, 3.63) is 35.1 Å². The SMILES string of the molecule is N#CC1(F)C(=O)C(=O)c2cccc(F)c21. The summed E-state index contributed by atoms with van der Waals surface area (Å²) in [5.41, 5.74) is -4.30. The lowest BCUT2D eigenvalue weighted by Gasteiger charge is -2.08. The minimum Gasteiger partial charge on any atom is -0.285 e. The highest BCUT2D eigenvalue weighted by Crippen LogP contribution is 2.38. The van der Waals surface area contributed by atoms with Crippen molar-refractivity contribution in [3.8, 4) is 6.07 Å². The Morgan fingerprint density at radius 2 is 2.00 bits per heavy atom. The van der Waals surface area contributed by atoms with Gasteiger partial charge < -0.3 is 0 Å². The number of carbonyl (C=O) groups excluding carboxylic acids is 2. The number of carbonyl (C=O) groups is 2. The van der Waals surface area contributed by atoms with Crippen molar-refractivity contribution in [3.63, 3.8) is 0 Å². The zero-order chi connectivity index (χ0) is 11.2. The molecule has 1 aromatic carbocycles. The number of alkyl halides is 1. The average molecular weight is 207 g/mol. The van der Waals surface area contributed by atoms with Crippen LogP contribution in [0.2, 0.25) is 0 Å². The number of ketones is 2. The molecule has 1 aliphatic carbocycles. The van der Waals surface area contributed by atoms with Gasteiger partial charge in [-0.15, -0.1) is 0 Å². The number of fused-ring (bicyclic) bond motifs is 1. The molecule has 0 saturated heterocycles. The maximum atomic E-state index is 13.8. The van der Waals surface area contributed by atoms with Gasteiger partial charge in [0.2, 0.25) is 5.78 Å². The molecule has 0 aromatic heterocycles. The van der Waals surface area contributed by atoms with Gasteiger partial charge in [-0.1, -0.05) is 12.1 Å². The van der Waals surface area contributed by atoms with Crippen LogP contribution in [0.15, 0.2) is 18.2 Å². The number of nitrogens with zero attached hydrogens (tertiary/aromatic N) is 1. The summed E-state index contributed by atoms with van der Waals surface area (Å²) in [5.74, 6) is -3.74. The summed E-state index contributed by atoms with van der Waals surface area (Å²) in [5, 5.41) is 8.52. The van der Waals surface area contributed by atoms with Gasteiger partial charge in [-0.05, 0) is 6.07 Å². The number of nitriles is 1. The average Bonchev–Trinajstić information content (AvgIpc) is 2.43. The monoisotopic (exact) mass is 207 g/mol. The second kappa shape index (κ2) is 2.70. The van der Waals surface area contributed by atoms with E-state index in [0.717, 1.165) is 18.2 Å². The number of hydrogen-bond acceptors (Lipinski definition) is 3. The summed E-state index contributed by atoms with van der Waals surface area (Å²) in [4.78, 5) is 22.4. The highest BCUT2D eigenvalue weighted by atomic mass is 19.1. The van der Waals surface area contributed by atoms with E-state index in [4.69, 9.17) is 5.26 Å². The largest absolute Gasteiger partial charge is 0.289 e. The molecular formula is C10H3F2NO2. The molecule has 15 heavy (non-hydrogen) atoms. The van der Waals surface area contributed by atoms with Crippen LogP contribution in [0.25, 0.3) is 0 Å². The van der Waals surface area contributed by atoms with Crippen molar-refractivity contribution in [1.82, 2.24) is 0 Å². The number of benzene rings is 1. The number of Topliss-reactive ketones (excluding diaryl/α,β-unsaturated/α-hetero) is 2. The van der Waals surface area contributed by atoms with Crippen LogP contribution >= 0.6 is 0 Å². The third kappa shape index (κ3) is 0.960. The van der Waals surface area contributed by atoms with E-state index in [1.54, 1.807) is 0 Å². The molecule has 3 nitrogen and oxygen atoms in total. The van der Waals surface area contributed by atoms with Crippen LogP contribution in [0.3, 0.4) is 0 Å². The Hall–Kier alpha value is -2.09. The fourth-order valence-corrected chi connectivity index (χ4v) is 1.56. The molecule has 0 saturated carbocycles. The zero-order valence-corrected chi connectivity index (χ0v) is 7.25. The van der Waals surface area contributed by atoms with Gasteiger partial charge >= 0.3 is 0 Å². The second-order valence-corrected chi connectivity index (χ2v) is 3.09. The lowest BCUT2D eigenvalue weighted by Crippen LogP contribution is -2.27. The molecular weight excluding hydrogens is 204 g/mol. The number of hydrogen-bond donors (Lipinski definition) is 0. The molecule has 0 heterocycles. The van der Waals surface area contributed by atoms with E-state index in [9.17, 15) is 18.4 Å². The van der Waals surface area contributed by atoms with Crippen LogP contribution in [0, 0.1) is 17.1 Å². The molecule has 0 aliphatic heterocycles. The normalized spacial score (nSPS) is 23.8. The van der Waals surface area contributed by atoms with Gasteiger partial charge in [-0.2, -0.15) is 5.26 Å². The molecule has 5 heteroatoms. The molecule has 0 spiro atoms. The van der Waals surface area contributed by atoms with Gasteiger partial charge in [0.05, 0.1) is 5.56 Å². The molecule has 0 radical (unpaired) electrons. The Bertz CT molecular complexity index is 533. The number of rotatable bonds is 0. The minimum absolute atomic E-state index is 0.371. The molecule has 1 aliphatic rings. The molecule has 74 valence electrons. The van der Waals surface area contributed by atoms with Gasteiger partial charge in [-0.3, -0.25) is 9.59 Å². The van der Waals surface area contributed by atoms with Gasteiger partial charge in [0.15, 0.2) is 0 Å². The first-order valence-corrected chi connectivity index (χ1v) is 4.00. The topological polar surface area (TPSA) is 57.9 Å². The molecule has 1 atom stereocenters. The van der Waals surface area contributed by atoms with E-state index in [-0.39, 0.29) is 5.56 Å². The van der Waals surface area contributed by atoms with Crippen molar-refractivity contribution in [1.29, 1.82) is 5.26 Å². The van der Waals surface area contributed by atoms with Gasteiger partial charge in [0.1, 0.15) is 11.9 Å². The lowest BCUT2D eigenvalue weighted by atomic mass is 9.98. The fourth-order valence-electron chi connectivity index (χ4n) is 1.56. The van der Waals surface area contributed by atoms with E-state index in [1.165, 1.54) is 6.07 Å². The quantitative estimate of drug-likeness (QED) is 0.602. The van der Waals surface area contributed by atoms with Gasteiger partial charge in [0.25, 0.3) is 11.5 Å². The molecule has 0 fully saturated rings. The predicted molar refractivity (Wildman–Crippen MR) is 44.1 cm³/mol. The van der Waals surface area contributed by atoms with Crippen molar-refractivity contribution < 1.29 is 18.4 Å². The van der Waals surface area contributed by atoms with Crippen LogP contribution in [0.1, 0.15) is 15.9 Å². The van der Waals surface area contributed by atoms with Crippen LogP contribution < -0.4 is 0 Å². The first-order chi connectivity index (χ1) is 7.02. The van der Waals surface area contributed by atoms with Crippen LogP contribution in [0.4, 0.5) is 8.78 Å². The first kappa shape index (κ1) is 9.46. The van der Waals surface area contributed by atoms with Crippen LogP contribution in [-0.2, 0) is 10.5 Å². The third-order valence-corrected chi connectivity index (χ3v) is 2.28. The molecule has 0 amide bonds. The van der Waals surface area contributed by atoms with Crippen LogP contribution in [0.5, 0.6) is 0 Å². The van der Waals surface area contributed by atoms with E-state index < -0.39 is 28.6 Å². The highest BCUT2D eigenvalue weighted by molar-refractivity contribution is 6.50. The van der Waals surface area contributed by atoms with Gasteiger partial charge in [0, 0.05) is 5.56 Å². The van der Waals surface area contributed by atoms with E-state index in [1.807, 2.05) is 0 Å². The van der Waals surface area contributed by atoms with E-state index in [0.29, 0.717) is 0 Å². The molecule has 1 unspecified atom stereocenters. The first-order valence-electron chi connectivity index (χ1n) is 4.00. The smallest absolute Gasteiger partial charge is 0.285 e. The minimum atomic E-state index is -3.17. The Morgan fingerprint density at radius 3 is 2.60 bits per heavy atom. The summed E-state index contributed by atoms with van der Waals surface area (Å²) in [6, 6.07) is 4.24. The van der Waals surface area contributed by atoms with Crippen molar-refractivity contribution in [2.45, 2.75) is 5.67 Å². The fraction of sp³-hybridized carbons (Fsp3) is 0.100. The maximum absolute atomic E-state index is 13.8. The van der Waals surface area contributed by atoms with Crippen molar-refractivity contribution >= 4 is 11.6 Å². The summed E-state index contributed by atoms with van der Waals surface area (Å²) in [6.07, 6.45) is 0. The Labute approximate surface area is 82.9 Å². The van der Waals surface area contributed by atoms with E-state index >= 15 is 0 Å². The maximum Gasteiger partial charge on any atom is 0.289 e. The van der Waals surface area contributed by atoms with Crippen LogP contribution in [-0.4, -0.2) is 11.6 Å². The molecule has 1 aromatic rings. The Balaban J connectivity index is 2.86. The second-order valence-electron chi connectivity index (χ2n) is 3.09. The molecule has 0 N–H and O–H groups in total. The zero-order valence-electron chi connectivity index (χ0n) is 7.25. The van der Waals surface area contributed by atoms with Crippen molar-refractivity contribution in [2.24, 2.45) is 0 Å². The standard InChI is InChI=1S/C10H3F2NO2/c11-6-3-1-2-5-7(6)10(12,4-13)9(15)8(5)14/h1-3H. The Kier molecular flexibility index (Phi) is 1.70.